The van der Waals surface area contributed by atoms with Gasteiger partial charge in [-0.25, -0.2) is 4.98 Å². The summed E-state index contributed by atoms with van der Waals surface area (Å²) >= 11 is 0. The number of ether oxygens (including phenoxy) is 1. The van der Waals surface area contributed by atoms with Gasteiger partial charge in [-0.15, -0.1) is 48.1 Å². The van der Waals surface area contributed by atoms with Gasteiger partial charge in [0.25, 0.3) is 0 Å². The topological polar surface area (TPSA) is 33.5 Å². The van der Waals surface area contributed by atoms with Crippen LogP contribution in [-0.4, -0.2) is 9.55 Å². The summed E-state index contributed by atoms with van der Waals surface area (Å²) in [5, 5.41) is 1.95. The minimum atomic E-state index is -2.39. The third-order valence-corrected chi connectivity index (χ3v) is 10.6. The molecule has 0 N–H and O–H groups in total. The van der Waals surface area contributed by atoms with Crippen LogP contribution in [0.2, 0.25) is 0 Å². The van der Waals surface area contributed by atoms with Gasteiger partial charge < -0.3 is 19.1 Å². The number of fused-ring (bicyclic) bond motifs is 4. The number of hydrogen-bond acceptors (Lipinski definition) is 4. The molecule has 8 aromatic rings. The maximum atomic E-state index is 8.61. The van der Waals surface area contributed by atoms with Crippen molar-refractivity contribution in [2.45, 2.75) is 59.2 Å². The van der Waals surface area contributed by atoms with Crippen molar-refractivity contribution >= 4 is 44.6 Å². The number of aryl methyl sites for hydroxylation is 1. The molecule has 0 fully saturated rings. The molecule has 5 nitrogen and oxygen atoms in total. The van der Waals surface area contributed by atoms with E-state index in [2.05, 4.69) is 131 Å². The molecule has 0 aliphatic carbocycles. The van der Waals surface area contributed by atoms with E-state index < -0.39 is 6.85 Å². The first-order valence-electron chi connectivity index (χ1n) is 20.5. The van der Waals surface area contributed by atoms with Crippen LogP contribution in [0.5, 0.6) is 11.5 Å². The summed E-state index contributed by atoms with van der Waals surface area (Å²) in [5.74, 6) is 1.51. The van der Waals surface area contributed by atoms with E-state index in [1.165, 1.54) is 5.56 Å². The summed E-state index contributed by atoms with van der Waals surface area (Å²) in [6, 6.07) is 51.7. The van der Waals surface area contributed by atoms with E-state index in [1.807, 2.05) is 71.3 Å². The van der Waals surface area contributed by atoms with E-state index in [0.29, 0.717) is 22.9 Å². The van der Waals surface area contributed by atoms with Crippen LogP contribution in [0.15, 0.2) is 140 Å². The summed E-state index contributed by atoms with van der Waals surface area (Å²) in [5.41, 5.74) is 9.59. The van der Waals surface area contributed by atoms with Crippen molar-refractivity contribution in [2.24, 2.45) is 0 Å². The number of pyridine rings is 1. The van der Waals surface area contributed by atoms with E-state index in [4.69, 9.17) is 13.8 Å². The van der Waals surface area contributed by atoms with Crippen LogP contribution in [0, 0.1) is 25.7 Å². The Bertz CT molecular complexity index is 2890. The Morgan fingerprint density at radius 2 is 1.33 bits per heavy atom. The zero-order valence-corrected chi connectivity index (χ0v) is 35.1. The molecular formula is C51H45N4OPt-3. The fraction of sp³-hybridized carbons (Fsp3) is 0.176. The standard InChI is InChI=1S/C51H45N4O.Pt/c1-34-27-49(52-32-44(34)35-15-12-16-36(28-35)50(2,3)4)55-45-22-9-8-21-42(45)43-26-25-41(31-48(43)55)56-40-20-14-19-39(30-40)54-33-53(46-23-10-11-24-47(46)54)38-18-13-17-37(29-38)51(5,6)7;/h8-29,32-33H,1-7H3;/q-3;/i1D3;. The smallest absolute Gasteiger partial charge is 0.135 e. The van der Waals surface area contributed by atoms with Crippen molar-refractivity contribution in [3.05, 3.63) is 175 Å². The predicted molar refractivity (Wildman–Crippen MR) is 232 cm³/mol. The number of hydrogen-bond donors (Lipinski definition) is 0. The number of benzene rings is 6. The average Bonchev–Trinajstić information content (AvgIpc) is 3.76. The first-order chi connectivity index (χ1) is 28.1. The molecular weight excluding hydrogens is 880 g/mol. The van der Waals surface area contributed by atoms with Crippen molar-refractivity contribution in [3.8, 4) is 28.4 Å². The molecule has 9 rings (SSSR count). The van der Waals surface area contributed by atoms with E-state index >= 15 is 0 Å². The fourth-order valence-corrected chi connectivity index (χ4v) is 7.51. The van der Waals surface area contributed by atoms with Crippen molar-refractivity contribution in [2.75, 3.05) is 9.80 Å². The van der Waals surface area contributed by atoms with Crippen molar-refractivity contribution in [3.63, 3.8) is 0 Å². The number of aromatic nitrogens is 2. The molecule has 3 heterocycles. The molecule has 1 aliphatic rings. The molecule has 6 heteroatoms. The Hall–Kier alpha value is -5.64. The van der Waals surface area contributed by atoms with Crippen molar-refractivity contribution in [1.29, 1.82) is 0 Å². The third-order valence-electron chi connectivity index (χ3n) is 10.6. The van der Waals surface area contributed by atoms with Gasteiger partial charge in [-0.1, -0.05) is 114 Å². The van der Waals surface area contributed by atoms with Crippen LogP contribution in [0.1, 0.15) is 62.3 Å². The van der Waals surface area contributed by atoms with Gasteiger partial charge in [0, 0.05) is 71.0 Å². The Morgan fingerprint density at radius 1 is 0.649 bits per heavy atom. The second-order valence-corrected chi connectivity index (χ2v) is 16.5. The molecule has 0 amide bonds. The van der Waals surface area contributed by atoms with Crippen molar-refractivity contribution in [1.82, 2.24) is 9.55 Å². The van der Waals surface area contributed by atoms with E-state index in [1.54, 1.807) is 12.3 Å². The average molecular weight is 928 g/mol. The number of nitrogens with zero attached hydrogens (tertiary/aromatic N) is 4. The molecule has 2 aromatic heterocycles. The molecule has 57 heavy (non-hydrogen) atoms. The SMILES string of the molecule is [2H]C([2H])([2H])c1cc(-n2c3[c-]c(Oc4[c-]c(N5[CH-]N(c6cccc(C(C)(C)C)c6)c6ccccc65)ccc4)ccc3c3ccccc32)ncc1-c1cccc(C(C)(C)C)c1.[Pt]. The molecule has 0 saturated heterocycles. The molecule has 0 radical (unpaired) electrons. The Labute approximate surface area is 355 Å². The third kappa shape index (κ3) is 7.15. The Morgan fingerprint density at radius 3 is 2.11 bits per heavy atom. The minimum Gasteiger partial charge on any atom is -0.509 e. The van der Waals surface area contributed by atoms with Gasteiger partial charge in [-0.05, 0) is 81.7 Å². The first kappa shape index (κ1) is 34.6. The largest absolute Gasteiger partial charge is 0.509 e. The zero-order valence-electron chi connectivity index (χ0n) is 35.9. The molecule has 0 spiro atoms. The second-order valence-electron chi connectivity index (χ2n) is 16.5. The molecule has 6 aromatic carbocycles. The quantitative estimate of drug-likeness (QED) is 0.156. The second kappa shape index (κ2) is 14.7. The number of rotatable bonds is 6. The summed E-state index contributed by atoms with van der Waals surface area (Å²) in [6.07, 6.45) is 1.69. The van der Waals surface area contributed by atoms with E-state index in [0.717, 1.165) is 55.7 Å². The van der Waals surface area contributed by atoms with Crippen LogP contribution < -0.4 is 14.5 Å². The van der Waals surface area contributed by atoms with Crippen molar-refractivity contribution < 1.29 is 29.9 Å². The molecule has 288 valence electrons. The molecule has 0 bridgehead atoms. The maximum absolute atomic E-state index is 8.61. The van der Waals surface area contributed by atoms with Crippen LogP contribution in [0.4, 0.5) is 22.7 Å². The van der Waals surface area contributed by atoms with Crippen LogP contribution in [-0.2, 0) is 31.9 Å². The van der Waals surface area contributed by atoms with E-state index in [-0.39, 0.29) is 37.5 Å². The normalized spacial score (nSPS) is 13.9. The maximum Gasteiger partial charge on any atom is 0.135 e. The predicted octanol–water partition coefficient (Wildman–Crippen LogP) is 13.5. The van der Waals surface area contributed by atoms with Gasteiger partial charge in [-0.2, -0.15) is 12.1 Å². The Balaban J connectivity index is 0.00000499. The molecule has 0 atom stereocenters. The van der Waals surface area contributed by atoms with Gasteiger partial charge in [0.1, 0.15) is 5.82 Å². The van der Waals surface area contributed by atoms with Gasteiger partial charge in [0.2, 0.25) is 0 Å². The monoisotopic (exact) mass is 927 g/mol. The summed E-state index contributed by atoms with van der Waals surface area (Å²) in [4.78, 5) is 9.28. The summed E-state index contributed by atoms with van der Waals surface area (Å²) < 4.78 is 34.3. The van der Waals surface area contributed by atoms with Crippen LogP contribution >= 0.6 is 0 Å². The van der Waals surface area contributed by atoms with Gasteiger partial charge >= 0.3 is 0 Å². The molecule has 1 aliphatic heterocycles. The summed E-state index contributed by atoms with van der Waals surface area (Å²) in [7, 11) is 0. The van der Waals surface area contributed by atoms with Gasteiger partial charge in [0.05, 0.1) is 0 Å². The number of anilines is 4. The first-order valence-corrected chi connectivity index (χ1v) is 19.0. The van der Waals surface area contributed by atoms with Gasteiger partial charge in [0.15, 0.2) is 0 Å². The fourth-order valence-electron chi connectivity index (χ4n) is 7.51. The Kier molecular flexibility index (Phi) is 8.92. The van der Waals surface area contributed by atoms with E-state index in [9.17, 15) is 0 Å². The van der Waals surface area contributed by atoms with Crippen LogP contribution in [0.25, 0.3) is 38.8 Å². The van der Waals surface area contributed by atoms with Crippen LogP contribution in [0.3, 0.4) is 0 Å². The summed E-state index contributed by atoms with van der Waals surface area (Å²) in [6.45, 7) is 12.9. The van der Waals surface area contributed by atoms with Gasteiger partial charge in [-0.3, -0.25) is 0 Å². The minimum absolute atomic E-state index is 0. The number of para-hydroxylation sites is 3. The zero-order chi connectivity index (χ0) is 41.3. The molecule has 0 saturated carbocycles. The molecule has 0 unspecified atom stereocenters.